The van der Waals surface area contributed by atoms with Crippen LogP contribution in [0.4, 0.5) is 14.5 Å². The van der Waals surface area contributed by atoms with Crippen LogP contribution in [0.25, 0.3) is 11.4 Å². The lowest BCUT2D eigenvalue weighted by Crippen LogP contribution is -2.20. The number of nitrogens with one attached hydrogen (secondary N) is 1. The molecular formula is C17H15F2N5OS. The van der Waals surface area contributed by atoms with E-state index in [1.54, 1.807) is 12.1 Å². The number of benzene rings is 2. The quantitative estimate of drug-likeness (QED) is 0.667. The van der Waals surface area contributed by atoms with E-state index in [2.05, 4.69) is 20.7 Å². The van der Waals surface area contributed by atoms with Gasteiger partial charge in [0.15, 0.2) is 0 Å². The maximum absolute atomic E-state index is 12.3. The van der Waals surface area contributed by atoms with Gasteiger partial charge in [0.2, 0.25) is 11.7 Å². The number of alkyl halides is 2. The van der Waals surface area contributed by atoms with Gasteiger partial charge >= 0.3 is 0 Å². The Morgan fingerprint density at radius 1 is 1.19 bits per heavy atom. The molecule has 0 spiro atoms. The molecule has 1 heterocycles. The first-order chi connectivity index (χ1) is 12.5. The molecule has 0 radical (unpaired) electrons. The standard InChI is InChI=1S/C17H15F2N5OS/c1-11-4-2-3-5-14(11)16-21-23-24(22-16)10-15(25)20-12-6-8-13(9-7-12)26-17(18)19/h2-9,17H,10H2,1H3,(H,20,25). The molecule has 1 amide bonds. The van der Waals surface area contributed by atoms with Crippen LogP contribution in [0.5, 0.6) is 0 Å². The summed E-state index contributed by atoms with van der Waals surface area (Å²) in [7, 11) is 0. The lowest BCUT2D eigenvalue weighted by molar-refractivity contribution is -0.117. The highest BCUT2D eigenvalue weighted by Crippen LogP contribution is 2.26. The van der Waals surface area contributed by atoms with Crippen molar-refractivity contribution in [2.75, 3.05) is 5.32 Å². The third-order valence-corrected chi connectivity index (χ3v) is 4.21. The molecule has 0 saturated heterocycles. The maximum Gasteiger partial charge on any atom is 0.288 e. The van der Waals surface area contributed by atoms with E-state index in [4.69, 9.17) is 0 Å². The van der Waals surface area contributed by atoms with E-state index in [9.17, 15) is 13.6 Å². The molecular weight excluding hydrogens is 360 g/mol. The topological polar surface area (TPSA) is 72.7 Å². The minimum Gasteiger partial charge on any atom is -0.324 e. The van der Waals surface area contributed by atoms with Crippen LogP contribution >= 0.6 is 11.8 Å². The van der Waals surface area contributed by atoms with Gasteiger partial charge in [-0.1, -0.05) is 36.0 Å². The summed E-state index contributed by atoms with van der Waals surface area (Å²) in [6.45, 7) is 1.84. The zero-order valence-corrected chi connectivity index (χ0v) is 14.6. The minimum atomic E-state index is -2.48. The molecule has 6 nitrogen and oxygen atoms in total. The fourth-order valence-electron chi connectivity index (χ4n) is 2.29. The van der Waals surface area contributed by atoms with Crippen LogP contribution < -0.4 is 5.32 Å². The van der Waals surface area contributed by atoms with E-state index < -0.39 is 5.76 Å². The summed E-state index contributed by atoms with van der Waals surface area (Å²) in [5.74, 6) is -2.37. The van der Waals surface area contributed by atoms with Crippen molar-refractivity contribution >= 4 is 23.4 Å². The number of anilines is 1. The van der Waals surface area contributed by atoms with Crippen LogP contribution in [0.3, 0.4) is 0 Å². The normalized spacial score (nSPS) is 10.9. The van der Waals surface area contributed by atoms with Crippen molar-refractivity contribution in [2.24, 2.45) is 0 Å². The highest BCUT2D eigenvalue weighted by molar-refractivity contribution is 7.99. The molecule has 0 unspecified atom stereocenters. The van der Waals surface area contributed by atoms with Gasteiger partial charge < -0.3 is 5.32 Å². The number of tetrazole rings is 1. The molecule has 0 aliphatic carbocycles. The second kappa shape index (κ2) is 8.05. The van der Waals surface area contributed by atoms with Crippen LogP contribution in [0.15, 0.2) is 53.4 Å². The van der Waals surface area contributed by atoms with Gasteiger partial charge in [-0.2, -0.15) is 13.6 Å². The Kier molecular flexibility index (Phi) is 5.57. The van der Waals surface area contributed by atoms with Crippen molar-refractivity contribution in [2.45, 2.75) is 24.1 Å². The van der Waals surface area contributed by atoms with Gasteiger partial charge in [0.05, 0.1) is 0 Å². The predicted octanol–water partition coefficient (Wildman–Crippen LogP) is 3.60. The van der Waals surface area contributed by atoms with Crippen molar-refractivity contribution in [1.82, 2.24) is 20.2 Å². The van der Waals surface area contributed by atoms with E-state index in [1.807, 2.05) is 31.2 Å². The number of halogens is 2. The third-order valence-electron chi connectivity index (χ3n) is 3.49. The molecule has 3 aromatic rings. The zero-order chi connectivity index (χ0) is 18.5. The van der Waals surface area contributed by atoms with Crippen molar-refractivity contribution < 1.29 is 13.6 Å². The van der Waals surface area contributed by atoms with E-state index >= 15 is 0 Å². The Balaban J connectivity index is 1.61. The second-order valence-electron chi connectivity index (χ2n) is 5.41. The summed E-state index contributed by atoms with van der Waals surface area (Å²) in [5.41, 5.74) is 2.37. The Hall–Kier alpha value is -2.81. The lowest BCUT2D eigenvalue weighted by Gasteiger charge is -2.06. The van der Waals surface area contributed by atoms with Gasteiger partial charge in [0, 0.05) is 16.1 Å². The van der Waals surface area contributed by atoms with E-state index in [1.165, 1.54) is 16.9 Å². The Bertz CT molecular complexity index is 898. The van der Waals surface area contributed by atoms with E-state index in [0.29, 0.717) is 28.2 Å². The summed E-state index contributed by atoms with van der Waals surface area (Å²) in [5, 5.41) is 14.7. The number of carbonyl (C=O) groups excluding carboxylic acids is 1. The summed E-state index contributed by atoms with van der Waals surface area (Å²) >= 11 is 0.452. The van der Waals surface area contributed by atoms with Crippen LogP contribution in [-0.2, 0) is 11.3 Å². The first-order valence-corrected chi connectivity index (χ1v) is 8.58. The SMILES string of the molecule is Cc1ccccc1-c1nnn(CC(=O)Nc2ccc(SC(F)F)cc2)n1. The Labute approximate surface area is 152 Å². The molecule has 1 N–H and O–H groups in total. The molecule has 26 heavy (non-hydrogen) atoms. The molecule has 0 saturated carbocycles. The largest absolute Gasteiger partial charge is 0.324 e. The lowest BCUT2D eigenvalue weighted by atomic mass is 10.1. The molecule has 3 rings (SSSR count). The molecule has 1 aromatic heterocycles. The highest BCUT2D eigenvalue weighted by atomic mass is 32.2. The van der Waals surface area contributed by atoms with Gasteiger partial charge in [-0.25, -0.2) is 0 Å². The molecule has 0 aliphatic rings. The third kappa shape index (κ3) is 4.63. The van der Waals surface area contributed by atoms with E-state index in [-0.39, 0.29) is 12.5 Å². The highest BCUT2D eigenvalue weighted by Gasteiger charge is 2.11. The number of rotatable bonds is 6. The van der Waals surface area contributed by atoms with Gasteiger partial charge in [0.1, 0.15) is 6.54 Å². The summed E-state index contributed by atoms with van der Waals surface area (Å²) in [4.78, 5) is 13.7. The van der Waals surface area contributed by atoms with Crippen molar-refractivity contribution in [3.05, 3.63) is 54.1 Å². The van der Waals surface area contributed by atoms with Gasteiger partial charge in [-0.15, -0.1) is 10.2 Å². The second-order valence-corrected chi connectivity index (χ2v) is 6.47. The molecule has 9 heteroatoms. The maximum atomic E-state index is 12.3. The molecule has 0 bridgehead atoms. The predicted molar refractivity (Wildman–Crippen MR) is 94.9 cm³/mol. The molecule has 0 aliphatic heterocycles. The van der Waals surface area contributed by atoms with Gasteiger partial charge in [0.25, 0.3) is 5.76 Å². The number of carbonyl (C=O) groups is 1. The first-order valence-electron chi connectivity index (χ1n) is 7.70. The van der Waals surface area contributed by atoms with Crippen LogP contribution in [0.2, 0.25) is 0 Å². The fraction of sp³-hybridized carbons (Fsp3) is 0.176. The summed E-state index contributed by atoms with van der Waals surface area (Å²) in [6, 6.07) is 13.8. The molecule has 134 valence electrons. The minimum absolute atomic E-state index is 0.105. The fourth-order valence-corrected chi connectivity index (χ4v) is 2.79. The van der Waals surface area contributed by atoms with Crippen molar-refractivity contribution in [3.8, 4) is 11.4 Å². The number of aryl methyl sites for hydroxylation is 1. The summed E-state index contributed by atoms with van der Waals surface area (Å²) < 4.78 is 24.6. The number of amides is 1. The number of hydrogen-bond donors (Lipinski definition) is 1. The number of hydrogen-bond acceptors (Lipinski definition) is 5. The van der Waals surface area contributed by atoms with Crippen LogP contribution in [-0.4, -0.2) is 31.9 Å². The van der Waals surface area contributed by atoms with Gasteiger partial charge in [-0.3, -0.25) is 4.79 Å². The Morgan fingerprint density at radius 3 is 2.62 bits per heavy atom. The zero-order valence-electron chi connectivity index (χ0n) is 13.8. The van der Waals surface area contributed by atoms with Crippen LogP contribution in [0.1, 0.15) is 5.56 Å². The van der Waals surface area contributed by atoms with Crippen molar-refractivity contribution in [3.63, 3.8) is 0 Å². The number of thioether (sulfide) groups is 1. The van der Waals surface area contributed by atoms with Gasteiger partial charge in [-0.05, 0) is 42.0 Å². The summed E-state index contributed by atoms with van der Waals surface area (Å²) in [6.07, 6.45) is 0. The smallest absolute Gasteiger partial charge is 0.288 e. The Morgan fingerprint density at radius 2 is 1.92 bits per heavy atom. The molecule has 2 aromatic carbocycles. The van der Waals surface area contributed by atoms with Crippen molar-refractivity contribution in [1.29, 1.82) is 0 Å². The monoisotopic (exact) mass is 375 g/mol. The van der Waals surface area contributed by atoms with Crippen LogP contribution in [0, 0.1) is 6.92 Å². The van der Waals surface area contributed by atoms with E-state index in [0.717, 1.165) is 11.1 Å². The number of nitrogens with zero attached hydrogens (tertiary/aromatic N) is 4. The first kappa shape index (κ1) is 18.0. The molecule has 0 fully saturated rings. The average molecular weight is 375 g/mol. The average Bonchev–Trinajstić information content (AvgIpc) is 3.04. The molecule has 0 atom stereocenters. The number of aromatic nitrogens is 4.